The van der Waals surface area contributed by atoms with Crippen LogP contribution in [0.15, 0.2) is 23.8 Å². The first-order valence-corrected chi connectivity index (χ1v) is 9.38. The van der Waals surface area contributed by atoms with E-state index in [0.717, 1.165) is 30.5 Å². The Kier molecular flexibility index (Phi) is 4.80. The number of hydrogen-bond donors (Lipinski definition) is 0. The fourth-order valence-electron chi connectivity index (χ4n) is 5.18. The first-order valence-electron chi connectivity index (χ1n) is 9.38. The third-order valence-electron chi connectivity index (χ3n) is 5.80. The normalized spacial score (nSPS) is 27.4. The molecule has 3 rings (SSSR count). The highest BCUT2D eigenvalue weighted by Crippen LogP contribution is 2.52. The summed E-state index contributed by atoms with van der Waals surface area (Å²) in [6.07, 6.45) is 5.36. The molecule has 142 valence electrons. The minimum atomic E-state index is 0.159. The van der Waals surface area contributed by atoms with Crippen LogP contribution in [-0.2, 0) is 4.79 Å². The molecule has 1 saturated carbocycles. The van der Waals surface area contributed by atoms with Gasteiger partial charge in [-0.1, -0.05) is 26.8 Å². The predicted molar refractivity (Wildman–Crippen MR) is 104 cm³/mol. The van der Waals surface area contributed by atoms with Crippen LogP contribution in [0.25, 0.3) is 6.08 Å². The van der Waals surface area contributed by atoms with Crippen LogP contribution in [0.2, 0.25) is 0 Å². The van der Waals surface area contributed by atoms with Crippen molar-refractivity contribution < 1.29 is 14.3 Å². The van der Waals surface area contributed by atoms with E-state index in [4.69, 9.17) is 9.47 Å². The van der Waals surface area contributed by atoms with Crippen molar-refractivity contribution in [1.29, 1.82) is 0 Å². The molecule has 1 aliphatic carbocycles. The van der Waals surface area contributed by atoms with E-state index in [9.17, 15) is 4.79 Å². The standard InChI is InChI=1S/C22H31NO3/c1-15(9-16-7-8-18(25-5)19(10-16)26-6)20(24)23-14-22(4)12-17(23)11-21(2,3)13-22/h7-10,17H,11-14H2,1-6H3/b15-9+. The molecule has 0 radical (unpaired) electrons. The third-order valence-corrected chi connectivity index (χ3v) is 5.80. The lowest BCUT2D eigenvalue weighted by Crippen LogP contribution is -2.38. The lowest BCUT2D eigenvalue weighted by atomic mass is 9.65. The quantitative estimate of drug-likeness (QED) is 0.743. The molecule has 1 aliphatic heterocycles. The highest BCUT2D eigenvalue weighted by atomic mass is 16.5. The summed E-state index contributed by atoms with van der Waals surface area (Å²) < 4.78 is 10.6. The number of carbonyl (C=O) groups is 1. The van der Waals surface area contributed by atoms with Gasteiger partial charge in [0.15, 0.2) is 11.5 Å². The van der Waals surface area contributed by atoms with Gasteiger partial charge in [-0.3, -0.25) is 4.79 Å². The highest BCUT2D eigenvalue weighted by Gasteiger charge is 2.50. The number of benzene rings is 1. The number of likely N-dealkylation sites (tertiary alicyclic amines) is 1. The maximum atomic E-state index is 13.1. The topological polar surface area (TPSA) is 38.8 Å². The molecule has 1 aromatic carbocycles. The van der Waals surface area contributed by atoms with Gasteiger partial charge in [0.2, 0.25) is 5.91 Å². The Balaban J connectivity index is 1.81. The Morgan fingerprint density at radius 1 is 1.15 bits per heavy atom. The first kappa shape index (κ1) is 18.8. The number of amides is 1. The van der Waals surface area contributed by atoms with Crippen LogP contribution < -0.4 is 9.47 Å². The fourth-order valence-corrected chi connectivity index (χ4v) is 5.18. The van der Waals surface area contributed by atoms with Crippen molar-refractivity contribution in [3.63, 3.8) is 0 Å². The van der Waals surface area contributed by atoms with Crippen LogP contribution in [0.3, 0.4) is 0 Å². The Hall–Kier alpha value is -1.97. The van der Waals surface area contributed by atoms with Crippen molar-refractivity contribution in [2.45, 2.75) is 53.0 Å². The van der Waals surface area contributed by atoms with E-state index in [1.165, 1.54) is 6.42 Å². The molecule has 2 fully saturated rings. The smallest absolute Gasteiger partial charge is 0.249 e. The molecular weight excluding hydrogens is 326 g/mol. The van der Waals surface area contributed by atoms with Crippen molar-refractivity contribution in [3.05, 3.63) is 29.3 Å². The maximum absolute atomic E-state index is 13.1. The van der Waals surface area contributed by atoms with Crippen molar-refractivity contribution >= 4 is 12.0 Å². The van der Waals surface area contributed by atoms with E-state index in [0.29, 0.717) is 23.0 Å². The zero-order valence-corrected chi connectivity index (χ0v) is 16.9. The Morgan fingerprint density at radius 3 is 2.50 bits per heavy atom. The lowest BCUT2D eigenvalue weighted by molar-refractivity contribution is -0.128. The van der Waals surface area contributed by atoms with Crippen molar-refractivity contribution in [2.24, 2.45) is 10.8 Å². The van der Waals surface area contributed by atoms with E-state index < -0.39 is 0 Å². The summed E-state index contributed by atoms with van der Waals surface area (Å²) in [6.45, 7) is 9.78. The monoisotopic (exact) mass is 357 g/mol. The Labute approximate surface area is 157 Å². The van der Waals surface area contributed by atoms with Gasteiger partial charge in [-0.15, -0.1) is 0 Å². The second-order valence-corrected chi connectivity index (χ2v) is 9.09. The average Bonchev–Trinajstić information content (AvgIpc) is 2.82. The minimum Gasteiger partial charge on any atom is -0.493 e. The van der Waals surface area contributed by atoms with Gasteiger partial charge in [0, 0.05) is 18.2 Å². The third kappa shape index (κ3) is 3.60. The van der Waals surface area contributed by atoms with Crippen molar-refractivity contribution in [2.75, 3.05) is 20.8 Å². The van der Waals surface area contributed by atoms with E-state index in [2.05, 4.69) is 25.7 Å². The number of hydrogen-bond acceptors (Lipinski definition) is 3. The van der Waals surface area contributed by atoms with Crippen LogP contribution in [0.4, 0.5) is 0 Å². The zero-order valence-electron chi connectivity index (χ0n) is 16.9. The van der Waals surface area contributed by atoms with Gasteiger partial charge in [-0.25, -0.2) is 0 Å². The van der Waals surface area contributed by atoms with Gasteiger partial charge in [0.25, 0.3) is 0 Å². The number of fused-ring (bicyclic) bond motifs is 2. The summed E-state index contributed by atoms with van der Waals surface area (Å²) in [5.41, 5.74) is 2.28. The first-order chi connectivity index (χ1) is 12.2. The van der Waals surface area contributed by atoms with Gasteiger partial charge in [0.05, 0.1) is 14.2 Å². The second-order valence-electron chi connectivity index (χ2n) is 9.09. The van der Waals surface area contributed by atoms with Crippen LogP contribution in [-0.4, -0.2) is 37.6 Å². The Morgan fingerprint density at radius 2 is 1.85 bits per heavy atom. The lowest BCUT2D eigenvalue weighted by Gasteiger charge is -2.39. The van der Waals surface area contributed by atoms with Crippen LogP contribution in [0, 0.1) is 10.8 Å². The van der Waals surface area contributed by atoms with Gasteiger partial charge in [-0.2, -0.15) is 0 Å². The van der Waals surface area contributed by atoms with Crippen molar-refractivity contribution in [1.82, 2.24) is 4.90 Å². The molecule has 1 amide bonds. The summed E-state index contributed by atoms with van der Waals surface area (Å²) in [4.78, 5) is 15.2. The molecule has 2 bridgehead atoms. The predicted octanol–water partition coefficient (Wildman–Crippen LogP) is 4.53. The number of carbonyl (C=O) groups excluding carboxylic acids is 1. The van der Waals surface area contributed by atoms with E-state index in [-0.39, 0.29) is 11.3 Å². The highest BCUT2D eigenvalue weighted by molar-refractivity contribution is 5.97. The second kappa shape index (κ2) is 6.64. The SMILES string of the molecule is COc1ccc(/C=C(\C)C(=O)N2CC3(C)CC2CC(C)(C)C3)cc1OC. The summed E-state index contributed by atoms with van der Waals surface area (Å²) in [5.74, 6) is 1.52. The molecule has 1 heterocycles. The molecule has 0 aromatic heterocycles. The van der Waals surface area contributed by atoms with E-state index in [1.54, 1.807) is 14.2 Å². The molecule has 1 saturated heterocycles. The molecular formula is C22H31NO3. The summed E-state index contributed by atoms with van der Waals surface area (Å²) in [5, 5.41) is 0. The molecule has 4 heteroatoms. The van der Waals surface area contributed by atoms with E-state index >= 15 is 0 Å². The molecule has 2 unspecified atom stereocenters. The largest absolute Gasteiger partial charge is 0.493 e. The van der Waals surface area contributed by atoms with Crippen LogP contribution in [0.5, 0.6) is 11.5 Å². The summed E-state index contributed by atoms with van der Waals surface area (Å²) in [6, 6.07) is 6.09. The minimum absolute atomic E-state index is 0.159. The summed E-state index contributed by atoms with van der Waals surface area (Å²) >= 11 is 0. The zero-order chi connectivity index (χ0) is 19.1. The van der Waals surface area contributed by atoms with Gasteiger partial charge < -0.3 is 14.4 Å². The fraction of sp³-hybridized carbons (Fsp3) is 0.591. The Bertz CT molecular complexity index is 737. The molecule has 2 aliphatic rings. The van der Waals surface area contributed by atoms with E-state index in [1.807, 2.05) is 31.2 Å². The average molecular weight is 357 g/mol. The molecule has 26 heavy (non-hydrogen) atoms. The van der Waals surface area contributed by atoms with Crippen molar-refractivity contribution in [3.8, 4) is 11.5 Å². The number of rotatable bonds is 4. The molecule has 0 spiro atoms. The number of nitrogens with zero attached hydrogens (tertiary/aromatic N) is 1. The molecule has 0 N–H and O–H groups in total. The van der Waals surface area contributed by atoms with Gasteiger partial charge in [-0.05, 0) is 60.8 Å². The number of ether oxygens (including phenoxy) is 2. The molecule has 2 atom stereocenters. The van der Waals surface area contributed by atoms with Gasteiger partial charge >= 0.3 is 0 Å². The summed E-state index contributed by atoms with van der Waals surface area (Å²) in [7, 11) is 3.24. The molecule has 4 nitrogen and oxygen atoms in total. The maximum Gasteiger partial charge on any atom is 0.249 e. The van der Waals surface area contributed by atoms with Crippen LogP contribution in [0.1, 0.15) is 52.5 Å². The molecule has 1 aromatic rings. The van der Waals surface area contributed by atoms with Gasteiger partial charge in [0.1, 0.15) is 0 Å². The van der Waals surface area contributed by atoms with Crippen LogP contribution >= 0.6 is 0 Å². The number of methoxy groups -OCH3 is 2.